The molecule has 3 nitrogen and oxygen atoms in total. The number of nitrogens with zero attached hydrogens (tertiary/aromatic N) is 2. The van der Waals surface area contributed by atoms with Crippen LogP contribution in [0.5, 0.6) is 0 Å². The largest absolute Gasteiger partial charge is 0.368 e. The summed E-state index contributed by atoms with van der Waals surface area (Å²) in [5, 5.41) is 0. The Morgan fingerprint density at radius 2 is 2.00 bits per heavy atom. The SMILES string of the molecule is Cc1cc(-c2ccc(C)s2)nc(N)n1. The predicted molar refractivity (Wildman–Crippen MR) is 59.2 cm³/mol. The molecule has 14 heavy (non-hydrogen) atoms. The first-order valence-electron chi connectivity index (χ1n) is 4.33. The summed E-state index contributed by atoms with van der Waals surface area (Å²) in [6.45, 7) is 3.99. The maximum atomic E-state index is 5.59. The minimum atomic E-state index is 0.339. The van der Waals surface area contributed by atoms with Crippen LogP contribution in [0.3, 0.4) is 0 Å². The van der Waals surface area contributed by atoms with Crippen LogP contribution in [-0.4, -0.2) is 9.97 Å². The minimum Gasteiger partial charge on any atom is -0.368 e. The molecule has 2 heterocycles. The molecule has 72 valence electrons. The molecule has 4 heteroatoms. The summed E-state index contributed by atoms with van der Waals surface area (Å²) in [7, 11) is 0. The lowest BCUT2D eigenvalue weighted by molar-refractivity contribution is 1.13. The van der Waals surface area contributed by atoms with Gasteiger partial charge in [0.2, 0.25) is 5.95 Å². The lowest BCUT2D eigenvalue weighted by Gasteiger charge is -1.99. The van der Waals surface area contributed by atoms with E-state index in [0.29, 0.717) is 5.95 Å². The van der Waals surface area contributed by atoms with Gasteiger partial charge in [-0.25, -0.2) is 9.97 Å². The van der Waals surface area contributed by atoms with E-state index in [-0.39, 0.29) is 0 Å². The first-order chi connectivity index (χ1) is 6.65. The van der Waals surface area contributed by atoms with Crippen LogP contribution >= 0.6 is 11.3 Å². The zero-order valence-electron chi connectivity index (χ0n) is 8.11. The summed E-state index contributed by atoms with van der Waals surface area (Å²) < 4.78 is 0. The van der Waals surface area contributed by atoms with Crippen molar-refractivity contribution in [1.82, 2.24) is 9.97 Å². The number of hydrogen-bond acceptors (Lipinski definition) is 4. The summed E-state index contributed by atoms with van der Waals surface area (Å²) >= 11 is 1.71. The second kappa shape index (κ2) is 3.38. The fourth-order valence-electron chi connectivity index (χ4n) is 1.29. The van der Waals surface area contributed by atoms with Crippen molar-refractivity contribution in [3.05, 3.63) is 28.8 Å². The first-order valence-corrected chi connectivity index (χ1v) is 5.15. The Balaban J connectivity index is 2.51. The average Bonchev–Trinajstić information content (AvgIpc) is 2.50. The monoisotopic (exact) mass is 205 g/mol. The molecule has 0 amide bonds. The highest BCUT2D eigenvalue weighted by Crippen LogP contribution is 2.26. The quantitative estimate of drug-likeness (QED) is 0.777. The molecule has 0 saturated heterocycles. The molecule has 2 aromatic rings. The van der Waals surface area contributed by atoms with E-state index >= 15 is 0 Å². The van der Waals surface area contributed by atoms with E-state index in [2.05, 4.69) is 29.0 Å². The van der Waals surface area contributed by atoms with E-state index in [4.69, 9.17) is 5.73 Å². The summed E-state index contributed by atoms with van der Waals surface area (Å²) in [6.07, 6.45) is 0. The van der Waals surface area contributed by atoms with Gasteiger partial charge in [0.05, 0.1) is 10.6 Å². The van der Waals surface area contributed by atoms with Crippen molar-refractivity contribution in [3.8, 4) is 10.6 Å². The third-order valence-corrected chi connectivity index (χ3v) is 2.89. The van der Waals surface area contributed by atoms with Crippen LogP contribution in [0.4, 0.5) is 5.95 Å². The molecule has 0 aliphatic rings. The van der Waals surface area contributed by atoms with Crippen LogP contribution in [0, 0.1) is 13.8 Å². The fraction of sp³-hybridized carbons (Fsp3) is 0.200. The number of nitrogens with two attached hydrogens (primary N) is 1. The molecule has 0 aliphatic carbocycles. The minimum absolute atomic E-state index is 0.339. The molecular formula is C10H11N3S. The highest BCUT2D eigenvalue weighted by molar-refractivity contribution is 7.15. The van der Waals surface area contributed by atoms with Gasteiger partial charge in [-0.2, -0.15) is 0 Å². The Kier molecular flexibility index (Phi) is 2.21. The molecule has 0 bridgehead atoms. The molecule has 2 N–H and O–H groups in total. The van der Waals surface area contributed by atoms with Crippen LogP contribution in [0.15, 0.2) is 18.2 Å². The van der Waals surface area contributed by atoms with Gasteiger partial charge in [-0.1, -0.05) is 0 Å². The molecule has 0 aromatic carbocycles. The van der Waals surface area contributed by atoms with E-state index in [0.717, 1.165) is 16.3 Å². The molecule has 0 atom stereocenters. The van der Waals surface area contributed by atoms with Crippen LogP contribution in [-0.2, 0) is 0 Å². The Bertz CT molecular complexity index is 442. The number of aromatic nitrogens is 2. The average molecular weight is 205 g/mol. The maximum absolute atomic E-state index is 5.59. The van der Waals surface area contributed by atoms with Crippen molar-refractivity contribution in [3.63, 3.8) is 0 Å². The van der Waals surface area contributed by atoms with Crippen molar-refractivity contribution < 1.29 is 0 Å². The molecule has 0 saturated carbocycles. The Morgan fingerprint density at radius 1 is 1.21 bits per heavy atom. The standard InChI is InChI=1S/C10H11N3S/c1-6-5-8(13-10(11)12-6)9-4-3-7(2)14-9/h3-5H,1-2H3,(H2,11,12,13). The summed E-state index contributed by atoms with van der Waals surface area (Å²) in [6, 6.07) is 6.08. The molecule has 0 unspecified atom stereocenters. The van der Waals surface area contributed by atoms with E-state index < -0.39 is 0 Å². The van der Waals surface area contributed by atoms with E-state index in [1.807, 2.05) is 13.0 Å². The fourth-order valence-corrected chi connectivity index (χ4v) is 2.12. The summed E-state index contributed by atoms with van der Waals surface area (Å²) in [4.78, 5) is 10.6. The van der Waals surface area contributed by atoms with Gasteiger partial charge in [0.1, 0.15) is 0 Å². The second-order valence-corrected chi connectivity index (χ2v) is 4.45. The lowest BCUT2D eigenvalue weighted by atomic mass is 10.3. The van der Waals surface area contributed by atoms with E-state index in [1.165, 1.54) is 4.88 Å². The normalized spacial score (nSPS) is 10.4. The smallest absolute Gasteiger partial charge is 0.220 e. The molecular weight excluding hydrogens is 194 g/mol. The molecule has 2 rings (SSSR count). The number of thiophene rings is 1. The van der Waals surface area contributed by atoms with Gasteiger partial charge in [0.25, 0.3) is 0 Å². The summed E-state index contributed by atoms with van der Waals surface area (Å²) in [5.41, 5.74) is 7.40. The van der Waals surface area contributed by atoms with E-state index in [9.17, 15) is 0 Å². The number of nitrogen functional groups attached to an aromatic ring is 1. The van der Waals surface area contributed by atoms with Crippen LogP contribution in [0.1, 0.15) is 10.6 Å². The highest BCUT2D eigenvalue weighted by atomic mass is 32.1. The van der Waals surface area contributed by atoms with Gasteiger partial charge >= 0.3 is 0 Å². The van der Waals surface area contributed by atoms with Crippen molar-refractivity contribution in [1.29, 1.82) is 0 Å². The topological polar surface area (TPSA) is 51.8 Å². The molecule has 0 radical (unpaired) electrons. The first kappa shape index (κ1) is 9.15. The molecule has 0 fully saturated rings. The van der Waals surface area contributed by atoms with Gasteiger partial charge in [-0.3, -0.25) is 0 Å². The van der Waals surface area contributed by atoms with Gasteiger partial charge < -0.3 is 5.73 Å². The van der Waals surface area contributed by atoms with Gasteiger partial charge in [0.15, 0.2) is 0 Å². The third-order valence-electron chi connectivity index (χ3n) is 1.86. The number of hydrogen-bond donors (Lipinski definition) is 1. The van der Waals surface area contributed by atoms with Crippen molar-refractivity contribution in [2.24, 2.45) is 0 Å². The van der Waals surface area contributed by atoms with Crippen LogP contribution < -0.4 is 5.73 Å². The van der Waals surface area contributed by atoms with Crippen molar-refractivity contribution >= 4 is 17.3 Å². The Morgan fingerprint density at radius 3 is 2.57 bits per heavy atom. The predicted octanol–water partition coefficient (Wildman–Crippen LogP) is 2.40. The zero-order chi connectivity index (χ0) is 10.1. The number of rotatable bonds is 1. The van der Waals surface area contributed by atoms with Crippen molar-refractivity contribution in [2.75, 3.05) is 5.73 Å². The zero-order valence-corrected chi connectivity index (χ0v) is 8.93. The van der Waals surface area contributed by atoms with Crippen molar-refractivity contribution in [2.45, 2.75) is 13.8 Å². The summed E-state index contributed by atoms with van der Waals surface area (Å²) in [5.74, 6) is 0.339. The highest BCUT2D eigenvalue weighted by Gasteiger charge is 2.04. The van der Waals surface area contributed by atoms with Gasteiger partial charge in [-0.15, -0.1) is 11.3 Å². The maximum Gasteiger partial charge on any atom is 0.220 e. The second-order valence-electron chi connectivity index (χ2n) is 3.16. The van der Waals surface area contributed by atoms with Crippen LogP contribution in [0.25, 0.3) is 10.6 Å². The van der Waals surface area contributed by atoms with Gasteiger partial charge in [0, 0.05) is 10.6 Å². The molecule has 0 aliphatic heterocycles. The Hall–Kier alpha value is -1.42. The lowest BCUT2D eigenvalue weighted by Crippen LogP contribution is -1.97. The van der Waals surface area contributed by atoms with Gasteiger partial charge in [-0.05, 0) is 32.0 Å². The molecule has 0 spiro atoms. The molecule has 2 aromatic heterocycles. The number of aryl methyl sites for hydroxylation is 2. The number of anilines is 1. The van der Waals surface area contributed by atoms with Crippen LogP contribution in [0.2, 0.25) is 0 Å². The van der Waals surface area contributed by atoms with E-state index in [1.54, 1.807) is 11.3 Å². The Labute approximate surface area is 86.6 Å². The third kappa shape index (κ3) is 1.75.